The molecule has 2 heterocycles. The molecule has 0 saturated heterocycles. The summed E-state index contributed by atoms with van der Waals surface area (Å²) in [6, 6.07) is 9.38. The van der Waals surface area contributed by atoms with E-state index >= 15 is 0 Å². The van der Waals surface area contributed by atoms with E-state index in [0.29, 0.717) is 36.4 Å². The second kappa shape index (κ2) is 7.19. The summed E-state index contributed by atoms with van der Waals surface area (Å²) in [7, 11) is 3.16. The maximum absolute atomic E-state index is 13.2. The summed E-state index contributed by atoms with van der Waals surface area (Å²) in [4.78, 5) is 28.8. The fraction of sp³-hybridized carbons (Fsp3) is 0.333. The van der Waals surface area contributed by atoms with Crippen molar-refractivity contribution >= 4 is 28.7 Å². The van der Waals surface area contributed by atoms with Crippen LogP contribution in [0.5, 0.6) is 11.5 Å². The Labute approximate surface area is 162 Å². The zero-order valence-corrected chi connectivity index (χ0v) is 16.2. The lowest BCUT2D eigenvalue weighted by atomic mass is 9.79. The second-order valence-electron chi connectivity index (χ2n) is 6.68. The molecule has 0 saturated carbocycles. The smallest absolute Gasteiger partial charge is 0.232 e. The molecule has 1 aromatic heterocycles. The molecule has 2 aliphatic rings. The number of allylic oxidation sites excluding steroid dienone is 2. The highest BCUT2D eigenvalue weighted by Gasteiger charge is 2.40. The topological polar surface area (TPSA) is 55.8 Å². The molecule has 0 spiro atoms. The number of ketones is 1. The number of nitrogens with zero attached hydrogens (tertiary/aromatic N) is 1. The van der Waals surface area contributed by atoms with Crippen molar-refractivity contribution in [3.05, 3.63) is 51.9 Å². The second-order valence-corrected chi connectivity index (χ2v) is 7.66. The van der Waals surface area contributed by atoms with Gasteiger partial charge < -0.3 is 9.47 Å². The molecule has 1 unspecified atom stereocenters. The van der Waals surface area contributed by atoms with Crippen molar-refractivity contribution < 1.29 is 19.1 Å². The number of amides is 1. The summed E-state index contributed by atoms with van der Waals surface area (Å²) in [6.45, 7) is 0. The van der Waals surface area contributed by atoms with E-state index in [2.05, 4.69) is 0 Å². The molecule has 1 aliphatic heterocycles. The van der Waals surface area contributed by atoms with E-state index in [-0.39, 0.29) is 17.6 Å². The fourth-order valence-electron chi connectivity index (χ4n) is 3.97. The van der Waals surface area contributed by atoms with Gasteiger partial charge in [0.05, 0.1) is 19.9 Å². The number of thiophene rings is 1. The van der Waals surface area contributed by atoms with Crippen LogP contribution in [-0.4, -0.2) is 25.9 Å². The zero-order valence-electron chi connectivity index (χ0n) is 15.4. The first-order chi connectivity index (χ1) is 13.1. The van der Waals surface area contributed by atoms with Gasteiger partial charge >= 0.3 is 0 Å². The molecule has 2 aromatic rings. The third kappa shape index (κ3) is 3.04. The largest absolute Gasteiger partial charge is 0.497 e. The van der Waals surface area contributed by atoms with E-state index in [9.17, 15) is 9.59 Å². The Kier molecular flexibility index (Phi) is 4.74. The van der Waals surface area contributed by atoms with Crippen molar-refractivity contribution in [1.82, 2.24) is 0 Å². The molecule has 1 aliphatic carbocycles. The molecule has 27 heavy (non-hydrogen) atoms. The van der Waals surface area contributed by atoms with E-state index < -0.39 is 0 Å². The fourth-order valence-corrected chi connectivity index (χ4v) is 4.81. The van der Waals surface area contributed by atoms with Crippen molar-refractivity contribution in [2.45, 2.75) is 31.6 Å². The predicted octanol–water partition coefficient (Wildman–Crippen LogP) is 4.29. The lowest BCUT2D eigenvalue weighted by Crippen LogP contribution is -2.40. The Balaban J connectivity index is 1.87. The highest BCUT2D eigenvalue weighted by atomic mass is 32.1. The van der Waals surface area contributed by atoms with Gasteiger partial charge in [-0.1, -0.05) is 6.07 Å². The third-order valence-corrected chi connectivity index (χ3v) is 6.18. The first-order valence-corrected chi connectivity index (χ1v) is 9.86. The van der Waals surface area contributed by atoms with Crippen LogP contribution in [-0.2, 0) is 9.59 Å². The lowest BCUT2D eigenvalue weighted by molar-refractivity contribution is -0.119. The molecule has 0 radical (unpaired) electrons. The van der Waals surface area contributed by atoms with Crippen LogP contribution in [0.2, 0.25) is 0 Å². The molecule has 1 aromatic carbocycles. The number of carbonyl (C=O) groups is 2. The average Bonchev–Trinajstić information content (AvgIpc) is 3.22. The number of hydrogen-bond acceptors (Lipinski definition) is 5. The molecule has 140 valence electrons. The third-order valence-electron chi connectivity index (χ3n) is 5.19. The number of carbonyl (C=O) groups excluding carboxylic acids is 2. The summed E-state index contributed by atoms with van der Waals surface area (Å²) < 4.78 is 10.8. The van der Waals surface area contributed by atoms with Gasteiger partial charge in [0, 0.05) is 41.0 Å². The Hall–Kier alpha value is -2.60. The average molecular weight is 383 g/mol. The van der Waals surface area contributed by atoms with Gasteiger partial charge in [-0.05, 0) is 36.4 Å². The lowest BCUT2D eigenvalue weighted by Gasteiger charge is -2.38. The van der Waals surface area contributed by atoms with E-state index in [1.165, 1.54) is 0 Å². The van der Waals surface area contributed by atoms with Crippen molar-refractivity contribution in [3.8, 4) is 11.5 Å². The molecular weight excluding hydrogens is 362 g/mol. The Bertz CT molecular complexity index is 916. The molecule has 0 bridgehead atoms. The first kappa shape index (κ1) is 17.8. The number of methoxy groups -OCH3 is 2. The molecule has 5 nitrogen and oxygen atoms in total. The van der Waals surface area contributed by atoms with Gasteiger partial charge in [-0.25, -0.2) is 0 Å². The highest BCUT2D eigenvalue weighted by Crippen LogP contribution is 2.46. The van der Waals surface area contributed by atoms with E-state index in [4.69, 9.17) is 9.47 Å². The summed E-state index contributed by atoms with van der Waals surface area (Å²) in [5.74, 6) is 1.22. The van der Waals surface area contributed by atoms with Gasteiger partial charge in [0.2, 0.25) is 5.91 Å². The summed E-state index contributed by atoms with van der Waals surface area (Å²) in [6.07, 6.45) is 2.31. The number of rotatable bonds is 4. The van der Waals surface area contributed by atoms with Crippen molar-refractivity contribution in [3.63, 3.8) is 0 Å². The SMILES string of the molecule is COc1ccc(N2C(=O)CC(c3cccs3)C3=C2CCCC3=O)c(OC)c1. The number of benzene rings is 1. The minimum atomic E-state index is -0.138. The molecular formula is C21H21NO4S. The van der Waals surface area contributed by atoms with Crippen LogP contribution in [0, 0.1) is 0 Å². The van der Waals surface area contributed by atoms with Crippen LogP contribution in [0.1, 0.15) is 36.5 Å². The first-order valence-electron chi connectivity index (χ1n) is 8.98. The van der Waals surface area contributed by atoms with Crippen LogP contribution < -0.4 is 14.4 Å². The highest BCUT2D eigenvalue weighted by molar-refractivity contribution is 7.10. The normalized spacial score (nSPS) is 19.9. The standard InChI is InChI=1S/C21H21NO4S/c1-25-13-8-9-15(18(11-13)26-2)22-16-5-3-6-17(23)21(16)14(12-20(22)24)19-7-4-10-27-19/h4,7-11,14H,3,5-6,12H2,1-2H3. The van der Waals surface area contributed by atoms with Gasteiger partial charge in [-0.15, -0.1) is 11.3 Å². The number of ether oxygens (including phenoxy) is 2. The maximum Gasteiger partial charge on any atom is 0.232 e. The Morgan fingerprint density at radius 1 is 1.11 bits per heavy atom. The number of anilines is 1. The molecule has 4 rings (SSSR count). The van der Waals surface area contributed by atoms with Crippen LogP contribution >= 0.6 is 11.3 Å². The van der Waals surface area contributed by atoms with Gasteiger partial charge in [-0.3, -0.25) is 14.5 Å². The van der Waals surface area contributed by atoms with Gasteiger partial charge in [0.25, 0.3) is 0 Å². The van der Waals surface area contributed by atoms with Gasteiger partial charge in [-0.2, -0.15) is 0 Å². The quantitative estimate of drug-likeness (QED) is 0.790. The molecule has 1 amide bonds. The Morgan fingerprint density at radius 2 is 1.96 bits per heavy atom. The van der Waals surface area contributed by atoms with Crippen LogP contribution in [0.4, 0.5) is 5.69 Å². The van der Waals surface area contributed by atoms with Crippen molar-refractivity contribution in [2.24, 2.45) is 0 Å². The molecule has 1 atom stereocenters. The van der Waals surface area contributed by atoms with E-state index in [0.717, 1.165) is 22.6 Å². The minimum Gasteiger partial charge on any atom is -0.497 e. The number of Topliss-reactive ketones (excluding diaryl/α,β-unsaturated/α-hetero) is 1. The minimum absolute atomic E-state index is 0.00897. The molecule has 6 heteroatoms. The molecule has 0 N–H and O–H groups in total. The monoisotopic (exact) mass is 383 g/mol. The van der Waals surface area contributed by atoms with Crippen LogP contribution in [0.25, 0.3) is 0 Å². The Morgan fingerprint density at radius 3 is 2.67 bits per heavy atom. The maximum atomic E-state index is 13.2. The summed E-state index contributed by atoms with van der Waals surface area (Å²) in [5, 5.41) is 1.99. The zero-order chi connectivity index (χ0) is 19.0. The van der Waals surface area contributed by atoms with Gasteiger partial charge in [0.1, 0.15) is 11.5 Å². The molecule has 0 fully saturated rings. The number of hydrogen-bond donors (Lipinski definition) is 0. The predicted molar refractivity (Wildman–Crippen MR) is 105 cm³/mol. The van der Waals surface area contributed by atoms with Gasteiger partial charge in [0.15, 0.2) is 5.78 Å². The summed E-state index contributed by atoms with van der Waals surface area (Å²) >= 11 is 1.60. The van der Waals surface area contributed by atoms with Crippen LogP contribution in [0.15, 0.2) is 47.0 Å². The summed E-state index contributed by atoms with van der Waals surface area (Å²) in [5.41, 5.74) is 2.28. The van der Waals surface area contributed by atoms with E-state index in [1.807, 2.05) is 23.6 Å². The van der Waals surface area contributed by atoms with Crippen molar-refractivity contribution in [1.29, 1.82) is 0 Å². The van der Waals surface area contributed by atoms with Crippen molar-refractivity contribution in [2.75, 3.05) is 19.1 Å². The van der Waals surface area contributed by atoms with E-state index in [1.54, 1.807) is 42.6 Å². The van der Waals surface area contributed by atoms with Crippen LogP contribution in [0.3, 0.4) is 0 Å².